The Balaban J connectivity index is 2.80. The zero-order chi connectivity index (χ0) is 19.4. The van der Waals surface area contributed by atoms with Gasteiger partial charge in [0.1, 0.15) is 0 Å². The van der Waals surface area contributed by atoms with Crippen molar-refractivity contribution in [2.24, 2.45) is 5.92 Å². The molecule has 0 saturated heterocycles. The van der Waals surface area contributed by atoms with E-state index in [-0.39, 0.29) is 21.5 Å². The average molecular weight is 400 g/mol. The van der Waals surface area contributed by atoms with Crippen LogP contribution in [0, 0.1) is 5.92 Å². The Morgan fingerprint density at radius 1 is 1.23 bits per heavy atom. The number of unbranched alkanes of at least 4 members (excludes halogenated alkanes) is 1. The highest BCUT2D eigenvalue weighted by Gasteiger charge is 2.24. The van der Waals surface area contributed by atoms with Crippen LogP contribution in [-0.4, -0.2) is 22.2 Å². The summed E-state index contributed by atoms with van der Waals surface area (Å²) in [6.45, 7) is 6.69. The van der Waals surface area contributed by atoms with E-state index in [1.165, 1.54) is 16.7 Å². The fraction of sp³-hybridized carbons (Fsp3) is 0.474. The van der Waals surface area contributed by atoms with Crippen molar-refractivity contribution < 1.29 is 14.6 Å². The maximum atomic E-state index is 13.0. The maximum Gasteiger partial charge on any atom is 0.356 e. The minimum Gasteiger partial charge on any atom is -0.490 e. The van der Waals surface area contributed by atoms with Crippen molar-refractivity contribution >= 4 is 39.9 Å². The highest BCUT2D eigenvalue weighted by Crippen LogP contribution is 2.34. The van der Waals surface area contributed by atoms with E-state index in [0.717, 1.165) is 12.8 Å². The van der Waals surface area contributed by atoms with E-state index in [0.29, 0.717) is 36.3 Å². The van der Waals surface area contributed by atoms with Crippen LogP contribution in [0.25, 0.3) is 10.8 Å². The summed E-state index contributed by atoms with van der Waals surface area (Å²) in [4.78, 5) is 24.9. The van der Waals surface area contributed by atoms with Gasteiger partial charge in [-0.2, -0.15) is 0 Å². The summed E-state index contributed by atoms with van der Waals surface area (Å²) in [6.07, 6.45) is 2.34. The predicted molar refractivity (Wildman–Crippen MR) is 105 cm³/mol. The number of pyridine rings is 1. The molecule has 1 N–H and O–H groups in total. The number of rotatable bonds is 8. The molecule has 1 aromatic carbocycles. The summed E-state index contributed by atoms with van der Waals surface area (Å²) >= 11 is 12.2. The zero-order valence-electron chi connectivity index (χ0n) is 15.1. The maximum absolute atomic E-state index is 13.0. The normalized spacial score (nSPS) is 11.3. The summed E-state index contributed by atoms with van der Waals surface area (Å²) in [7, 11) is 0. The standard InChI is InChI=1S/C19H23Cl2NO4/c1-4-5-8-26-17-12-9-14(20)15(21)10-13(12)18(23)22(7-6-11(2)3)16(17)19(24)25/h9-11H,4-8H2,1-3H3,(H,24,25). The number of halogens is 2. The lowest BCUT2D eigenvalue weighted by molar-refractivity contribution is 0.0677. The second-order valence-electron chi connectivity index (χ2n) is 6.64. The summed E-state index contributed by atoms with van der Waals surface area (Å²) in [5.41, 5.74) is -0.544. The molecule has 0 amide bonds. The largest absolute Gasteiger partial charge is 0.490 e. The quantitative estimate of drug-likeness (QED) is 0.616. The van der Waals surface area contributed by atoms with E-state index < -0.39 is 11.5 Å². The van der Waals surface area contributed by atoms with Gasteiger partial charge in [-0.25, -0.2) is 4.79 Å². The minimum absolute atomic E-state index is 0.141. The molecule has 1 aromatic heterocycles. The summed E-state index contributed by atoms with van der Waals surface area (Å²) in [6, 6.07) is 2.98. The van der Waals surface area contributed by atoms with Crippen LogP contribution < -0.4 is 10.3 Å². The Labute approximate surface area is 162 Å². The molecule has 0 aliphatic heterocycles. The SMILES string of the molecule is CCCCOc1c(C(=O)O)n(CCC(C)C)c(=O)c2cc(Cl)c(Cl)cc12. The van der Waals surface area contributed by atoms with Crippen LogP contribution in [0.3, 0.4) is 0 Å². The van der Waals surface area contributed by atoms with Gasteiger partial charge in [-0.1, -0.05) is 50.4 Å². The first-order valence-corrected chi connectivity index (χ1v) is 9.45. The number of ether oxygens (including phenoxy) is 1. The van der Waals surface area contributed by atoms with Crippen molar-refractivity contribution in [2.75, 3.05) is 6.61 Å². The number of hydrogen-bond donors (Lipinski definition) is 1. The number of benzene rings is 1. The van der Waals surface area contributed by atoms with Crippen molar-refractivity contribution in [3.05, 3.63) is 38.2 Å². The van der Waals surface area contributed by atoms with Crippen LogP contribution in [0.5, 0.6) is 5.75 Å². The molecule has 26 heavy (non-hydrogen) atoms. The molecule has 5 nitrogen and oxygen atoms in total. The number of hydrogen-bond acceptors (Lipinski definition) is 3. The molecule has 0 saturated carbocycles. The van der Waals surface area contributed by atoms with Crippen molar-refractivity contribution in [2.45, 2.75) is 46.6 Å². The van der Waals surface area contributed by atoms with Gasteiger partial charge < -0.3 is 9.84 Å². The van der Waals surface area contributed by atoms with Crippen molar-refractivity contribution in [1.82, 2.24) is 4.57 Å². The lowest BCUT2D eigenvalue weighted by Crippen LogP contribution is -2.28. The summed E-state index contributed by atoms with van der Waals surface area (Å²) < 4.78 is 7.08. The molecule has 1 heterocycles. The summed E-state index contributed by atoms with van der Waals surface area (Å²) in [5.74, 6) is -0.717. The highest BCUT2D eigenvalue weighted by atomic mass is 35.5. The van der Waals surface area contributed by atoms with Gasteiger partial charge in [0, 0.05) is 11.9 Å². The van der Waals surface area contributed by atoms with Gasteiger partial charge in [-0.15, -0.1) is 0 Å². The van der Waals surface area contributed by atoms with Crippen molar-refractivity contribution in [3.8, 4) is 5.75 Å². The van der Waals surface area contributed by atoms with E-state index in [9.17, 15) is 14.7 Å². The molecule has 0 aliphatic carbocycles. The number of fused-ring (bicyclic) bond motifs is 1. The van der Waals surface area contributed by atoms with Gasteiger partial charge in [-0.3, -0.25) is 9.36 Å². The monoisotopic (exact) mass is 399 g/mol. The third-order valence-electron chi connectivity index (χ3n) is 4.14. The Morgan fingerprint density at radius 3 is 2.38 bits per heavy atom. The van der Waals surface area contributed by atoms with Crippen LogP contribution in [0.2, 0.25) is 10.0 Å². The first-order valence-electron chi connectivity index (χ1n) is 8.69. The van der Waals surface area contributed by atoms with Crippen molar-refractivity contribution in [1.29, 1.82) is 0 Å². The molecule has 0 atom stereocenters. The number of carbonyl (C=O) groups is 1. The van der Waals surface area contributed by atoms with Gasteiger partial charge in [0.25, 0.3) is 5.56 Å². The van der Waals surface area contributed by atoms with E-state index in [4.69, 9.17) is 27.9 Å². The van der Waals surface area contributed by atoms with Crippen LogP contribution in [0.15, 0.2) is 16.9 Å². The third kappa shape index (κ3) is 4.33. The number of carboxylic acid groups (broad SMARTS) is 1. The second kappa shape index (κ2) is 8.78. The minimum atomic E-state index is -1.20. The highest BCUT2D eigenvalue weighted by molar-refractivity contribution is 6.42. The molecule has 0 bridgehead atoms. The van der Waals surface area contributed by atoms with Gasteiger partial charge >= 0.3 is 5.97 Å². The Hall–Kier alpha value is -1.72. The lowest BCUT2D eigenvalue weighted by atomic mass is 10.1. The van der Waals surface area contributed by atoms with E-state index in [2.05, 4.69) is 0 Å². The Morgan fingerprint density at radius 2 is 1.85 bits per heavy atom. The fourth-order valence-corrected chi connectivity index (χ4v) is 3.01. The first-order chi connectivity index (χ1) is 12.3. The second-order valence-corrected chi connectivity index (χ2v) is 7.45. The molecule has 0 unspecified atom stereocenters. The average Bonchev–Trinajstić information content (AvgIpc) is 2.57. The van der Waals surface area contributed by atoms with Crippen LogP contribution in [0.4, 0.5) is 0 Å². The number of aromatic nitrogens is 1. The third-order valence-corrected chi connectivity index (χ3v) is 4.86. The van der Waals surface area contributed by atoms with Gasteiger partial charge in [0.05, 0.1) is 22.0 Å². The number of carboxylic acids is 1. The molecule has 2 aromatic rings. The fourth-order valence-electron chi connectivity index (χ4n) is 2.69. The molecule has 142 valence electrons. The topological polar surface area (TPSA) is 68.5 Å². The van der Waals surface area contributed by atoms with E-state index >= 15 is 0 Å². The summed E-state index contributed by atoms with van der Waals surface area (Å²) in [5, 5.41) is 10.9. The van der Waals surface area contributed by atoms with E-state index in [1.54, 1.807) is 0 Å². The van der Waals surface area contributed by atoms with Crippen LogP contribution >= 0.6 is 23.2 Å². The van der Waals surface area contributed by atoms with Crippen molar-refractivity contribution in [3.63, 3.8) is 0 Å². The molecule has 0 radical (unpaired) electrons. The first kappa shape index (κ1) is 20.6. The molecule has 2 rings (SSSR count). The molecule has 0 fully saturated rings. The Kier molecular flexibility index (Phi) is 6.95. The predicted octanol–water partition coefficient (Wildman–Crippen LogP) is 5.23. The molecule has 7 heteroatoms. The van der Waals surface area contributed by atoms with Gasteiger partial charge in [0.15, 0.2) is 11.4 Å². The zero-order valence-corrected chi connectivity index (χ0v) is 16.7. The molecular formula is C19H23Cl2NO4. The van der Waals surface area contributed by atoms with Crippen LogP contribution in [0.1, 0.15) is 50.5 Å². The Bertz CT molecular complexity index is 874. The molecular weight excluding hydrogens is 377 g/mol. The van der Waals surface area contributed by atoms with E-state index in [1.807, 2.05) is 20.8 Å². The smallest absolute Gasteiger partial charge is 0.356 e. The van der Waals surface area contributed by atoms with Crippen LogP contribution in [-0.2, 0) is 6.54 Å². The molecule has 0 spiro atoms. The van der Waals surface area contributed by atoms with Gasteiger partial charge in [0.2, 0.25) is 0 Å². The number of nitrogens with zero attached hydrogens (tertiary/aromatic N) is 1. The molecule has 0 aliphatic rings. The van der Waals surface area contributed by atoms with Gasteiger partial charge in [-0.05, 0) is 30.9 Å². The lowest BCUT2D eigenvalue weighted by Gasteiger charge is -2.18. The number of aromatic carboxylic acids is 1.